The number of hydrogen-bond donors (Lipinski definition) is 3. The fraction of sp³-hybridized carbons (Fsp3) is 0.444. The lowest BCUT2D eigenvalue weighted by Gasteiger charge is -2.13. The number of anilines is 1. The van der Waals surface area contributed by atoms with Crippen LogP contribution in [0.1, 0.15) is 0 Å². The van der Waals surface area contributed by atoms with Crippen LogP contribution in [-0.2, 0) is 11.5 Å². The molecule has 2 aromatic heterocycles. The second-order valence-corrected chi connectivity index (χ2v) is 4.34. The van der Waals surface area contributed by atoms with Crippen molar-refractivity contribution in [3.63, 3.8) is 0 Å². The van der Waals surface area contributed by atoms with Crippen molar-refractivity contribution in [3.05, 3.63) is 12.3 Å². The molecule has 0 bridgehead atoms. The van der Waals surface area contributed by atoms with E-state index < -0.39 is 6.10 Å². The highest BCUT2D eigenvalue weighted by Crippen LogP contribution is 2.26. The third-order valence-electron chi connectivity index (χ3n) is 2.29. The number of aliphatic hydroxyl groups is 2. The van der Waals surface area contributed by atoms with Crippen LogP contribution in [-0.4, -0.2) is 44.1 Å². The SMILES string of the molecule is Nc1ncnc2pcn(COC(CO)CO)c12. The molecule has 0 saturated carbocycles. The number of nitrogens with zero attached hydrogens (tertiary/aromatic N) is 3. The van der Waals surface area contributed by atoms with Crippen LogP contribution in [0.3, 0.4) is 0 Å². The van der Waals surface area contributed by atoms with Gasteiger partial charge in [0.2, 0.25) is 0 Å². The third-order valence-corrected chi connectivity index (χ3v) is 3.26. The van der Waals surface area contributed by atoms with Crippen molar-refractivity contribution in [3.8, 4) is 0 Å². The Labute approximate surface area is 99.0 Å². The molecule has 0 amide bonds. The molecule has 17 heavy (non-hydrogen) atoms. The smallest absolute Gasteiger partial charge is 0.151 e. The van der Waals surface area contributed by atoms with Gasteiger partial charge >= 0.3 is 0 Å². The van der Waals surface area contributed by atoms with Gasteiger partial charge in [-0.2, -0.15) is 0 Å². The summed E-state index contributed by atoms with van der Waals surface area (Å²) in [4.78, 5) is 8.02. The summed E-state index contributed by atoms with van der Waals surface area (Å²) in [6.07, 6.45) is 0.832. The minimum Gasteiger partial charge on any atom is -0.394 e. The average Bonchev–Trinajstić information content (AvgIpc) is 2.75. The first kappa shape index (κ1) is 12.2. The number of aromatic nitrogens is 3. The lowest BCUT2D eigenvalue weighted by Crippen LogP contribution is -2.23. The second-order valence-electron chi connectivity index (χ2n) is 3.43. The van der Waals surface area contributed by atoms with Crippen LogP contribution in [0.15, 0.2) is 12.3 Å². The third kappa shape index (κ3) is 2.53. The van der Waals surface area contributed by atoms with Crippen LogP contribution in [0, 0.1) is 0 Å². The normalized spacial score (nSPS) is 11.9. The van der Waals surface area contributed by atoms with E-state index in [1.165, 1.54) is 6.33 Å². The summed E-state index contributed by atoms with van der Waals surface area (Å²) in [5, 5.41) is 18.6. The fourth-order valence-corrected chi connectivity index (χ4v) is 2.30. The highest BCUT2D eigenvalue weighted by molar-refractivity contribution is 7.35. The highest BCUT2D eigenvalue weighted by Gasteiger charge is 2.10. The van der Waals surface area contributed by atoms with Gasteiger partial charge in [-0.15, -0.1) is 0 Å². The van der Waals surface area contributed by atoms with Crippen molar-refractivity contribution >= 4 is 24.8 Å². The largest absolute Gasteiger partial charge is 0.394 e. The Hall–Kier alpha value is -1.27. The van der Waals surface area contributed by atoms with Gasteiger partial charge in [0.1, 0.15) is 29.9 Å². The lowest BCUT2D eigenvalue weighted by molar-refractivity contribution is -0.0484. The molecule has 0 aromatic carbocycles. The standard InChI is InChI=1S/C9H13N4O3P/c10-8-7-9(12-3-11-8)17-5-13(7)4-16-6(1-14)2-15/h3,5-6,14-15H,1-2,4H2,(H2,10,11,12). The zero-order valence-corrected chi connectivity index (χ0v) is 9.92. The molecule has 0 aliphatic rings. The van der Waals surface area contributed by atoms with E-state index >= 15 is 0 Å². The summed E-state index contributed by atoms with van der Waals surface area (Å²) in [5.74, 6) is 2.26. The molecule has 2 rings (SSSR count). The molecule has 0 spiro atoms. The maximum atomic E-state index is 8.88. The average molecular weight is 256 g/mol. The van der Waals surface area contributed by atoms with Gasteiger partial charge in [0.15, 0.2) is 5.82 Å². The summed E-state index contributed by atoms with van der Waals surface area (Å²) in [7, 11) is 0.924. The maximum absolute atomic E-state index is 8.88. The van der Waals surface area contributed by atoms with E-state index in [1.54, 1.807) is 4.57 Å². The molecule has 8 heteroatoms. The van der Waals surface area contributed by atoms with E-state index in [1.807, 2.05) is 5.93 Å². The predicted octanol–water partition coefficient (Wildman–Crippen LogP) is -0.0791. The lowest BCUT2D eigenvalue weighted by atomic mass is 10.4. The van der Waals surface area contributed by atoms with Gasteiger partial charge in [-0.3, -0.25) is 0 Å². The zero-order chi connectivity index (χ0) is 12.3. The fourth-order valence-electron chi connectivity index (χ4n) is 1.38. The molecule has 0 unspecified atom stereocenters. The quantitative estimate of drug-likeness (QED) is 0.690. The molecule has 0 radical (unpaired) electrons. The van der Waals surface area contributed by atoms with Crippen LogP contribution in [0.25, 0.3) is 10.8 Å². The molecule has 2 heterocycles. The summed E-state index contributed by atoms with van der Waals surface area (Å²) < 4.78 is 7.08. The van der Waals surface area contributed by atoms with Gasteiger partial charge in [-0.25, -0.2) is 9.97 Å². The number of rotatable bonds is 5. The minimum absolute atomic E-state index is 0.198. The number of aliphatic hydroxyl groups excluding tert-OH is 2. The molecule has 92 valence electrons. The number of ether oxygens (including phenoxy) is 1. The molecule has 4 N–H and O–H groups in total. The van der Waals surface area contributed by atoms with Gasteiger partial charge in [0.05, 0.1) is 13.2 Å². The molecule has 7 nitrogen and oxygen atoms in total. The van der Waals surface area contributed by atoms with Crippen molar-refractivity contribution in [2.45, 2.75) is 12.8 Å². The molecule has 0 aliphatic heterocycles. The van der Waals surface area contributed by atoms with Gasteiger partial charge < -0.3 is 25.3 Å². The maximum Gasteiger partial charge on any atom is 0.151 e. The topological polar surface area (TPSA) is 106 Å². The zero-order valence-electron chi connectivity index (χ0n) is 9.02. The Morgan fingerprint density at radius 2 is 2.18 bits per heavy atom. The van der Waals surface area contributed by atoms with Gasteiger partial charge in [-0.1, -0.05) is 0 Å². The predicted molar refractivity (Wildman–Crippen MR) is 63.5 cm³/mol. The van der Waals surface area contributed by atoms with Crippen molar-refractivity contribution in [1.82, 2.24) is 14.5 Å². The summed E-state index contributed by atoms with van der Waals surface area (Å²) >= 11 is 0. The number of hydrogen-bond acceptors (Lipinski definition) is 6. The Balaban J connectivity index is 2.19. The van der Waals surface area contributed by atoms with Crippen LogP contribution in [0.5, 0.6) is 0 Å². The molecule has 0 atom stereocenters. The first-order valence-corrected chi connectivity index (χ1v) is 5.97. The Morgan fingerprint density at radius 1 is 1.41 bits per heavy atom. The van der Waals surface area contributed by atoms with Crippen LogP contribution < -0.4 is 5.73 Å². The van der Waals surface area contributed by atoms with Crippen LogP contribution >= 0.6 is 8.19 Å². The highest BCUT2D eigenvalue weighted by atomic mass is 31.0. The summed E-state index contributed by atoms with van der Waals surface area (Å²) in [6.45, 7) is -0.255. The first-order chi connectivity index (χ1) is 8.26. The van der Waals surface area contributed by atoms with Gasteiger partial charge in [0.25, 0.3) is 0 Å². The minimum atomic E-state index is -0.588. The van der Waals surface area contributed by atoms with Crippen molar-refractivity contribution in [2.75, 3.05) is 18.9 Å². The monoisotopic (exact) mass is 256 g/mol. The number of nitrogens with two attached hydrogens (primary N) is 1. The molecule has 0 saturated heterocycles. The van der Waals surface area contributed by atoms with Crippen molar-refractivity contribution < 1.29 is 14.9 Å². The van der Waals surface area contributed by atoms with E-state index in [2.05, 4.69) is 9.97 Å². The second kappa shape index (κ2) is 5.37. The Bertz CT molecular complexity index is 500. The van der Waals surface area contributed by atoms with Gasteiger partial charge in [-0.05, 0) is 8.19 Å². The summed E-state index contributed by atoms with van der Waals surface area (Å²) in [6, 6.07) is 0. The summed E-state index contributed by atoms with van der Waals surface area (Å²) in [5.41, 5.74) is 6.49. The van der Waals surface area contributed by atoms with E-state index in [4.69, 9.17) is 20.7 Å². The van der Waals surface area contributed by atoms with Crippen LogP contribution in [0.4, 0.5) is 5.82 Å². The van der Waals surface area contributed by atoms with E-state index in [0.29, 0.717) is 5.82 Å². The van der Waals surface area contributed by atoms with E-state index in [-0.39, 0.29) is 19.9 Å². The number of nitrogen functional groups attached to an aromatic ring is 1. The van der Waals surface area contributed by atoms with Crippen molar-refractivity contribution in [1.29, 1.82) is 0 Å². The molecule has 0 fully saturated rings. The van der Waals surface area contributed by atoms with Crippen molar-refractivity contribution in [2.24, 2.45) is 0 Å². The molecule has 0 aliphatic carbocycles. The molecule has 2 aromatic rings. The number of fused-ring (bicyclic) bond motifs is 1. The molecular formula is C9H13N4O3P. The first-order valence-electron chi connectivity index (χ1n) is 5.01. The Morgan fingerprint density at radius 3 is 2.88 bits per heavy atom. The van der Waals surface area contributed by atoms with E-state index in [9.17, 15) is 0 Å². The van der Waals surface area contributed by atoms with Gasteiger partial charge in [0, 0.05) is 5.93 Å². The molecular weight excluding hydrogens is 243 g/mol. The van der Waals surface area contributed by atoms with Crippen LogP contribution in [0.2, 0.25) is 0 Å². The Kier molecular flexibility index (Phi) is 3.86. The van der Waals surface area contributed by atoms with E-state index in [0.717, 1.165) is 19.0 Å².